The summed E-state index contributed by atoms with van der Waals surface area (Å²) in [5, 5.41) is 0. The van der Waals surface area contributed by atoms with Crippen LogP contribution in [-0.4, -0.2) is 0 Å². The van der Waals surface area contributed by atoms with Crippen molar-refractivity contribution in [3.05, 3.63) is 25.7 Å². The summed E-state index contributed by atoms with van der Waals surface area (Å²) in [7, 11) is -5.39. The molecule has 0 spiro atoms. The van der Waals surface area contributed by atoms with Crippen LogP contribution in [-0.2, 0) is 9.30 Å². The van der Waals surface area contributed by atoms with Gasteiger partial charge >= 0.3 is 154 Å². The van der Waals surface area contributed by atoms with Gasteiger partial charge in [0.15, 0.2) is 0 Å². The summed E-state index contributed by atoms with van der Waals surface area (Å²) in [6.45, 7) is 6.51. The fourth-order valence-corrected chi connectivity index (χ4v) is 0.0680. The number of hydrogen-bond donors (Lipinski definition) is 0. The van der Waals surface area contributed by atoms with E-state index in [0.717, 1.165) is 0 Å². The van der Waals surface area contributed by atoms with Gasteiger partial charge in [-0.15, -0.1) is 0 Å². The van der Waals surface area contributed by atoms with Crippen LogP contribution in [0.15, 0.2) is 25.7 Å². The molecule has 0 aliphatic rings. The van der Waals surface area contributed by atoms with Crippen molar-refractivity contribution in [2.45, 2.75) is 0 Å². The van der Waals surface area contributed by atoms with Gasteiger partial charge in [0.05, 0.1) is 12.5 Å². The molecular weight excluding hydrogens is 276 g/mol. The SMILES string of the molecule is C=COC=C.O=P([O-])([O-])[O-].[K+].[K+].[K+]. The van der Waals surface area contributed by atoms with Crippen molar-refractivity contribution in [2.24, 2.45) is 0 Å². The third-order valence-electron chi connectivity index (χ3n) is 0.192. The first-order valence-corrected chi connectivity index (χ1v) is 3.48. The van der Waals surface area contributed by atoms with Crippen LogP contribution in [0.25, 0.3) is 0 Å². The summed E-state index contributed by atoms with van der Waals surface area (Å²) in [4.78, 5) is 25.6. The van der Waals surface area contributed by atoms with Gasteiger partial charge < -0.3 is 24.0 Å². The van der Waals surface area contributed by atoms with Crippen molar-refractivity contribution < 1.29 is 178 Å². The van der Waals surface area contributed by atoms with Crippen LogP contribution < -0.4 is 169 Å². The van der Waals surface area contributed by atoms with Crippen LogP contribution in [0, 0.1) is 0 Å². The number of ether oxygens (including phenoxy) is 1. The zero-order valence-corrected chi connectivity index (χ0v) is 18.3. The molecule has 0 N–H and O–H groups in total. The fraction of sp³-hybridized carbons (Fsp3) is 0. The van der Waals surface area contributed by atoms with Gasteiger partial charge in [-0.05, 0) is 0 Å². The Morgan fingerprint density at radius 1 is 1.00 bits per heavy atom. The average molecular weight is 282 g/mol. The molecule has 0 fully saturated rings. The molecule has 0 aromatic heterocycles. The summed E-state index contributed by atoms with van der Waals surface area (Å²) < 4.78 is 12.9. The van der Waals surface area contributed by atoms with Crippen LogP contribution in [0.2, 0.25) is 0 Å². The molecule has 60 valence electrons. The van der Waals surface area contributed by atoms with Gasteiger partial charge in [-0.3, -0.25) is 0 Å². The molecule has 0 radical (unpaired) electrons. The first-order chi connectivity index (χ1) is 4.41. The van der Waals surface area contributed by atoms with Crippen LogP contribution in [0.3, 0.4) is 0 Å². The van der Waals surface area contributed by atoms with Crippen molar-refractivity contribution in [3.63, 3.8) is 0 Å². The smallest absolute Gasteiger partial charge is 0.822 e. The van der Waals surface area contributed by atoms with Gasteiger partial charge in [-0.2, -0.15) is 7.82 Å². The Kier molecular flexibility index (Phi) is 50.4. The number of rotatable bonds is 2. The van der Waals surface area contributed by atoms with E-state index in [4.69, 9.17) is 19.2 Å². The fourth-order valence-electron chi connectivity index (χ4n) is 0.0680. The molecule has 9 heteroatoms. The normalized spacial score (nSPS) is 6.69. The van der Waals surface area contributed by atoms with Crippen LogP contribution >= 0.6 is 7.82 Å². The van der Waals surface area contributed by atoms with Gasteiger partial charge in [0.2, 0.25) is 0 Å². The van der Waals surface area contributed by atoms with E-state index in [2.05, 4.69) is 17.9 Å². The predicted molar refractivity (Wildman–Crippen MR) is 29.1 cm³/mol. The van der Waals surface area contributed by atoms with Crippen molar-refractivity contribution in [3.8, 4) is 0 Å². The van der Waals surface area contributed by atoms with E-state index in [1.165, 1.54) is 12.5 Å². The van der Waals surface area contributed by atoms with Gasteiger partial charge in [0.1, 0.15) is 0 Å². The van der Waals surface area contributed by atoms with Gasteiger partial charge in [-0.25, -0.2) is 0 Å². The summed E-state index contributed by atoms with van der Waals surface area (Å²) in [6.07, 6.45) is 2.62. The minimum Gasteiger partial charge on any atom is -0.822 e. The minimum atomic E-state index is -5.39. The average Bonchev–Trinajstić information content (AvgIpc) is 1.63. The Hall–Kier alpha value is 4.30. The third-order valence-corrected chi connectivity index (χ3v) is 0.192. The molecule has 0 heterocycles. The molecule has 0 aliphatic carbocycles. The number of hydrogen-bond acceptors (Lipinski definition) is 5. The van der Waals surface area contributed by atoms with Gasteiger partial charge in [0.25, 0.3) is 0 Å². The first kappa shape index (κ1) is 30.4. The molecule has 0 saturated carbocycles. The Morgan fingerprint density at radius 2 is 1.15 bits per heavy atom. The second-order valence-corrected chi connectivity index (χ2v) is 1.81. The van der Waals surface area contributed by atoms with E-state index < -0.39 is 7.82 Å². The Balaban J connectivity index is -0.0000000267. The molecule has 0 aromatic rings. The van der Waals surface area contributed by atoms with E-state index in [1.807, 2.05) is 0 Å². The van der Waals surface area contributed by atoms with E-state index in [9.17, 15) is 0 Å². The molecule has 0 amide bonds. The molecule has 0 bridgehead atoms. The maximum absolute atomic E-state index is 8.55. The van der Waals surface area contributed by atoms with E-state index in [0.29, 0.717) is 0 Å². The largest absolute Gasteiger partial charge is 1.00 e. The van der Waals surface area contributed by atoms with Crippen molar-refractivity contribution in [1.29, 1.82) is 0 Å². The van der Waals surface area contributed by atoms with Gasteiger partial charge in [0, 0.05) is 0 Å². The molecule has 0 rings (SSSR count). The molecule has 0 atom stereocenters. The van der Waals surface area contributed by atoms with Crippen LogP contribution in [0.4, 0.5) is 0 Å². The summed E-state index contributed by atoms with van der Waals surface area (Å²) in [6, 6.07) is 0. The van der Waals surface area contributed by atoms with E-state index in [-0.39, 0.29) is 154 Å². The Bertz CT molecular complexity index is 132. The monoisotopic (exact) mass is 282 g/mol. The molecule has 0 saturated heterocycles. The second kappa shape index (κ2) is 21.6. The Labute approximate surface area is 205 Å². The zero-order chi connectivity index (χ0) is 8.62. The minimum absolute atomic E-state index is 0. The summed E-state index contributed by atoms with van der Waals surface area (Å²) >= 11 is 0. The molecule has 0 unspecified atom stereocenters. The Morgan fingerprint density at radius 3 is 1.15 bits per heavy atom. The standard InChI is InChI=1S/C4H6O.3K.H3O4P/c1-3-5-4-2;;;;1-5(2,3)4/h3-4H,1-2H2;;;;(H3,1,2,3,4)/q;3*+1;/p-3. The molecule has 13 heavy (non-hydrogen) atoms. The van der Waals surface area contributed by atoms with Crippen molar-refractivity contribution in [2.75, 3.05) is 0 Å². The predicted octanol–water partition coefficient (Wildman–Crippen LogP) is -10.5. The molecule has 0 aliphatic heterocycles. The van der Waals surface area contributed by atoms with E-state index >= 15 is 0 Å². The maximum atomic E-state index is 8.55. The third kappa shape index (κ3) is 84.0. The van der Waals surface area contributed by atoms with Crippen LogP contribution in [0.5, 0.6) is 0 Å². The number of phosphoric acid groups is 1. The van der Waals surface area contributed by atoms with E-state index in [1.54, 1.807) is 0 Å². The van der Waals surface area contributed by atoms with Crippen LogP contribution in [0.1, 0.15) is 0 Å². The molecule has 0 aromatic carbocycles. The topological polar surface area (TPSA) is 95.5 Å². The second-order valence-electron chi connectivity index (χ2n) is 0.917. The first-order valence-electron chi connectivity index (χ1n) is 2.02. The summed E-state index contributed by atoms with van der Waals surface area (Å²) in [5.41, 5.74) is 0. The quantitative estimate of drug-likeness (QED) is 0.285. The van der Waals surface area contributed by atoms with Crippen molar-refractivity contribution in [1.82, 2.24) is 0 Å². The van der Waals surface area contributed by atoms with Crippen molar-refractivity contribution >= 4 is 7.82 Å². The zero-order valence-electron chi connectivity index (χ0n) is 8.06. The summed E-state index contributed by atoms with van der Waals surface area (Å²) in [5.74, 6) is 0. The molecular formula is C4H6K3O5P. The molecule has 5 nitrogen and oxygen atoms in total. The van der Waals surface area contributed by atoms with Gasteiger partial charge in [-0.1, -0.05) is 13.2 Å². The maximum Gasteiger partial charge on any atom is 1.00 e.